The van der Waals surface area contributed by atoms with E-state index in [1.165, 1.54) is 12.3 Å². The van der Waals surface area contributed by atoms with Gasteiger partial charge in [0.1, 0.15) is 5.57 Å². The molecule has 0 amide bonds. The summed E-state index contributed by atoms with van der Waals surface area (Å²) in [6.07, 6.45) is 2.57. The van der Waals surface area contributed by atoms with Gasteiger partial charge in [-0.2, -0.15) is 10.2 Å². The van der Waals surface area contributed by atoms with Crippen molar-refractivity contribution in [3.8, 4) is 0 Å². The van der Waals surface area contributed by atoms with Gasteiger partial charge in [-0.3, -0.25) is 9.79 Å². The number of carboxylic acid groups (broad SMARTS) is 1. The minimum absolute atomic E-state index is 0.271. The molecule has 0 spiro atoms. The fourth-order valence-electron chi connectivity index (χ4n) is 1.77. The number of carboxylic acids is 1. The zero-order chi connectivity index (χ0) is 12.0. The summed E-state index contributed by atoms with van der Waals surface area (Å²) in [5.41, 5.74) is 0.573. The number of carbonyl (C=O) groups is 2. The molecule has 0 saturated heterocycles. The first-order valence-electron chi connectivity index (χ1n) is 4.78. The second-order valence-electron chi connectivity index (χ2n) is 3.55. The van der Waals surface area contributed by atoms with Crippen LogP contribution in [0.1, 0.15) is 10.4 Å². The molecule has 0 saturated carbocycles. The maximum Gasteiger partial charge on any atom is 0.341 e. The van der Waals surface area contributed by atoms with E-state index < -0.39 is 11.8 Å². The van der Waals surface area contributed by atoms with E-state index in [4.69, 9.17) is 5.11 Å². The summed E-state index contributed by atoms with van der Waals surface area (Å²) in [6.45, 7) is 0. The Morgan fingerprint density at radius 2 is 2.06 bits per heavy atom. The highest BCUT2D eigenvalue weighted by molar-refractivity contribution is 6.24. The molecule has 0 unspecified atom stereocenters. The van der Waals surface area contributed by atoms with E-state index in [1.807, 2.05) is 0 Å². The molecule has 1 N–H and O–H groups in total. The number of benzene rings is 1. The van der Waals surface area contributed by atoms with Crippen LogP contribution in [0.15, 0.2) is 39.1 Å². The van der Waals surface area contributed by atoms with Crippen LogP contribution in [0.3, 0.4) is 0 Å². The monoisotopic (exact) mass is 227 g/mol. The Kier molecular flexibility index (Phi) is 1.79. The van der Waals surface area contributed by atoms with E-state index in [0.29, 0.717) is 16.3 Å². The summed E-state index contributed by atoms with van der Waals surface area (Å²) < 4.78 is 0. The molecule has 6 nitrogen and oxygen atoms in total. The van der Waals surface area contributed by atoms with Crippen molar-refractivity contribution in [3.05, 3.63) is 40.0 Å². The first-order valence-corrected chi connectivity index (χ1v) is 4.78. The largest absolute Gasteiger partial charge is 0.477 e. The summed E-state index contributed by atoms with van der Waals surface area (Å²) in [5, 5.41) is 17.5. The van der Waals surface area contributed by atoms with Crippen molar-refractivity contribution in [1.82, 2.24) is 0 Å². The average Bonchev–Trinajstić information content (AvgIpc) is 2.77. The number of nitrogens with zero attached hydrogens (tertiary/aromatic N) is 3. The van der Waals surface area contributed by atoms with Crippen LogP contribution in [0.5, 0.6) is 0 Å². The third-order valence-electron chi connectivity index (χ3n) is 2.59. The Morgan fingerprint density at radius 1 is 1.24 bits per heavy atom. The minimum Gasteiger partial charge on any atom is -0.477 e. The molecule has 1 aromatic carbocycles. The van der Waals surface area contributed by atoms with Crippen molar-refractivity contribution in [2.24, 2.45) is 15.2 Å². The number of carbonyl (C=O) groups excluding carboxylic acids is 1. The van der Waals surface area contributed by atoms with Crippen molar-refractivity contribution < 1.29 is 14.7 Å². The van der Waals surface area contributed by atoms with Crippen LogP contribution in [0.25, 0.3) is 6.20 Å². The van der Waals surface area contributed by atoms with Crippen molar-refractivity contribution in [3.63, 3.8) is 0 Å². The Hall–Kier alpha value is -2.63. The molecule has 0 aromatic heterocycles. The highest BCUT2D eigenvalue weighted by Gasteiger charge is 2.24. The van der Waals surface area contributed by atoms with Crippen molar-refractivity contribution in [1.29, 1.82) is 0 Å². The van der Waals surface area contributed by atoms with Gasteiger partial charge >= 0.3 is 5.97 Å². The molecule has 0 bridgehead atoms. The number of fused-ring (bicyclic) bond motifs is 3. The molecule has 0 radical (unpaired) electrons. The molecule has 1 aromatic rings. The lowest BCUT2D eigenvalue weighted by atomic mass is 10.00. The Bertz CT molecular complexity index is 744. The Balaban J connectivity index is 2.36. The molecule has 0 aliphatic carbocycles. The van der Waals surface area contributed by atoms with Gasteiger partial charge in [-0.1, -0.05) is 0 Å². The SMILES string of the molecule is O=C(O)C1=CN=c2c(ccc3c2=CN=N3)C1=O. The standard InChI is InChI=1S/C11H5N3O3/c15-10-5-1-2-8-6(4-13-14-8)9(5)12-3-7(10)11(16)17/h1-4H,(H,16,17). The summed E-state index contributed by atoms with van der Waals surface area (Å²) in [6, 6.07) is 3.15. The van der Waals surface area contributed by atoms with Crippen LogP contribution in [-0.2, 0) is 4.79 Å². The summed E-state index contributed by atoms with van der Waals surface area (Å²) >= 11 is 0. The number of hydrogen-bond donors (Lipinski definition) is 1. The number of hydrogen-bond acceptors (Lipinski definition) is 5. The average molecular weight is 227 g/mol. The van der Waals surface area contributed by atoms with Crippen molar-refractivity contribution >= 4 is 23.6 Å². The lowest BCUT2D eigenvalue weighted by Gasteiger charge is -2.06. The summed E-state index contributed by atoms with van der Waals surface area (Å²) in [7, 11) is 0. The van der Waals surface area contributed by atoms with Gasteiger partial charge < -0.3 is 5.11 Å². The number of azo groups is 1. The zero-order valence-corrected chi connectivity index (χ0v) is 8.41. The van der Waals surface area contributed by atoms with Crippen LogP contribution in [-0.4, -0.2) is 16.9 Å². The zero-order valence-electron chi connectivity index (χ0n) is 8.41. The number of rotatable bonds is 1. The van der Waals surface area contributed by atoms with Crippen molar-refractivity contribution in [2.75, 3.05) is 0 Å². The molecule has 3 rings (SSSR count). The van der Waals surface area contributed by atoms with E-state index in [2.05, 4.69) is 15.2 Å². The van der Waals surface area contributed by atoms with Gasteiger partial charge in [0.05, 0.1) is 17.2 Å². The molecular formula is C11H5N3O3. The van der Waals surface area contributed by atoms with Crippen LogP contribution >= 0.6 is 0 Å². The second kappa shape index (κ2) is 3.18. The molecule has 0 atom stereocenters. The van der Waals surface area contributed by atoms with Crippen LogP contribution in [0, 0.1) is 0 Å². The number of Topliss-reactive ketones (excluding diaryl/α,β-unsaturated/α-hetero) is 1. The Morgan fingerprint density at radius 3 is 2.82 bits per heavy atom. The third-order valence-corrected chi connectivity index (χ3v) is 2.59. The van der Waals surface area contributed by atoms with Crippen LogP contribution in [0.4, 0.5) is 5.69 Å². The first kappa shape index (κ1) is 9.59. The van der Waals surface area contributed by atoms with E-state index in [9.17, 15) is 9.59 Å². The first-order chi connectivity index (χ1) is 8.18. The topological polar surface area (TPSA) is 91.4 Å². The van der Waals surface area contributed by atoms with Crippen molar-refractivity contribution in [2.45, 2.75) is 0 Å². The molecule has 17 heavy (non-hydrogen) atoms. The lowest BCUT2D eigenvalue weighted by molar-refractivity contribution is -0.132. The van der Waals surface area contributed by atoms with Gasteiger partial charge in [-0.25, -0.2) is 4.79 Å². The molecule has 2 heterocycles. The normalized spacial score (nSPS) is 15.5. The van der Waals surface area contributed by atoms with Gasteiger partial charge in [-0.15, -0.1) is 0 Å². The summed E-state index contributed by atoms with van der Waals surface area (Å²) in [4.78, 5) is 26.7. The van der Waals surface area contributed by atoms with Gasteiger partial charge in [-0.05, 0) is 12.1 Å². The molecular weight excluding hydrogens is 222 g/mol. The minimum atomic E-state index is -1.27. The molecule has 0 fully saturated rings. The van der Waals surface area contributed by atoms with E-state index >= 15 is 0 Å². The van der Waals surface area contributed by atoms with Gasteiger partial charge in [0, 0.05) is 17.0 Å². The summed E-state index contributed by atoms with van der Waals surface area (Å²) in [5.74, 6) is -1.81. The molecule has 6 heteroatoms. The highest BCUT2D eigenvalue weighted by atomic mass is 16.4. The fourth-order valence-corrected chi connectivity index (χ4v) is 1.77. The third kappa shape index (κ3) is 1.24. The molecule has 2 aliphatic rings. The van der Waals surface area contributed by atoms with Gasteiger partial charge in [0.2, 0.25) is 5.78 Å². The maximum atomic E-state index is 11.9. The van der Waals surface area contributed by atoms with E-state index in [0.717, 1.165) is 6.20 Å². The number of ketones is 1. The van der Waals surface area contributed by atoms with E-state index in [1.54, 1.807) is 6.07 Å². The predicted molar refractivity (Wildman–Crippen MR) is 56.3 cm³/mol. The smallest absolute Gasteiger partial charge is 0.341 e. The fraction of sp³-hybridized carbons (Fsp3) is 0. The number of aliphatic carboxylic acids is 1. The second-order valence-corrected chi connectivity index (χ2v) is 3.55. The van der Waals surface area contributed by atoms with Gasteiger partial charge in [0.25, 0.3) is 0 Å². The highest BCUT2D eigenvalue weighted by Crippen LogP contribution is 2.14. The molecule has 2 aliphatic heterocycles. The lowest BCUT2D eigenvalue weighted by Crippen LogP contribution is -2.34. The van der Waals surface area contributed by atoms with E-state index in [-0.39, 0.29) is 11.1 Å². The maximum absolute atomic E-state index is 11.9. The van der Waals surface area contributed by atoms with Crippen LogP contribution < -0.4 is 10.6 Å². The Labute approximate surface area is 94.3 Å². The predicted octanol–water partition coefficient (Wildman–Crippen LogP) is 0.306. The quantitative estimate of drug-likeness (QED) is 0.699. The molecule has 82 valence electrons. The van der Waals surface area contributed by atoms with Gasteiger partial charge in [0.15, 0.2) is 0 Å². The van der Waals surface area contributed by atoms with Crippen LogP contribution in [0.2, 0.25) is 0 Å².